The summed E-state index contributed by atoms with van der Waals surface area (Å²) in [6, 6.07) is 21.5. The summed E-state index contributed by atoms with van der Waals surface area (Å²) in [5, 5.41) is 6.72. The van der Waals surface area contributed by atoms with Crippen LogP contribution in [0.25, 0.3) is 0 Å². The SMILES string of the molecule is COc1ccc(CN2C(=O)CCN(c3ccc(N4CCN(CC5CCN(c6ccc(Nc7ncc8c(n7)CNCC8)cc6)CC5)C(=O)C4)cc3C)C2=O)cc1. The number of piperidine rings is 1. The van der Waals surface area contributed by atoms with Crippen LogP contribution in [0.4, 0.5) is 33.5 Å². The zero-order chi connectivity index (χ0) is 37.9. The third-order valence-electron chi connectivity index (χ3n) is 11.4. The summed E-state index contributed by atoms with van der Waals surface area (Å²) in [4.78, 5) is 58.6. The number of imide groups is 1. The molecule has 3 fully saturated rings. The molecule has 0 spiro atoms. The molecular formula is C42H49N9O4. The van der Waals surface area contributed by atoms with Gasteiger partial charge in [0.15, 0.2) is 0 Å². The number of urea groups is 1. The number of aromatic nitrogens is 2. The molecule has 8 rings (SSSR count). The van der Waals surface area contributed by atoms with Crippen molar-refractivity contribution < 1.29 is 19.1 Å². The lowest BCUT2D eigenvalue weighted by Crippen LogP contribution is -2.52. The Hall–Kier alpha value is -5.69. The van der Waals surface area contributed by atoms with E-state index in [1.807, 2.05) is 60.5 Å². The molecule has 2 N–H and O–H groups in total. The van der Waals surface area contributed by atoms with Gasteiger partial charge in [0, 0.05) is 81.2 Å². The van der Waals surface area contributed by atoms with Crippen LogP contribution in [-0.2, 0) is 29.1 Å². The Morgan fingerprint density at radius 2 is 1.64 bits per heavy atom. The third kappa shape index (κ3) is 8.07. The first-order chi connectivity index (χ1) is 26.8. The molecule has 0 aliphatic carbocycles. The number of benzene rings is 3. The van der Waals surface area contributed by atoms with Gasteiger partial charge in [0.25, 0.3) is 0 Å². The van der Waals surface area contributed by atoms with E-state index < -0.39 is 0 Å². The summed E-state index contributed by atoms with van der Waals surface area (Å²) >= 11 is 0. The van der Waals surface area contributed by atoms with Gasteiger partial charge in [-0.15, -0.1) is 0 Å². The van der Waals surface area contributed by atoms with Crippen LogP contribution in [0.1, 0.15) is 41.6 Å². The lowest BCUT2D eigenvalue weighted by Gasteiger charge is -2.40. The Kier molecular flexibility index (Phi) is 10.5. The van der Waals surface area contributed by atoms with Gasteiger partial charge in [-0.1, -0.05) is 12.1 Å². The van der Waals surface area contributed by atoms with Gasteiger partial charge in [0.05, 0.1) is 25.9 Å². The van der Waals surface area contributed by atoms with E-state index >= 15 is 0 Å². The van der Waals surface area contributed by atoms with Gasteiger partial charge in [-0.25, -0.2) is 14.8 Å². The largest absolute Gasteiger partial charge is 0.497 e. The monoisotopic (exact) mass is 743 g/mol. The van der Waals surface area contributed by atoms with Crippen LogP contribution in [0, 0.1) is 12.8 Å². The second-order valence-corrected chi connectivity index (χ2v) is 14.9. The highest BCUT2D eigenvalue weighted by Crippen LogP contribution is 2.31. The zero-order valence-electron chi connectivity index (χ0n) is 31.7. The Morgan fingerprint density at radius 3 is 2.38 bits per heavy atom. The molecule has 0 atom stereocenters. The van der Waals surface area contributed by atoms with E-state index in [0.717, 1.165) is 98.2 Å². The van der Waals surface area contributed by atoms with Gasteiger partial charge in [-0.05, 0) is 110 Å². The van der Waals surface area contributed by atoms with Crippen molar-refractivity contribution in [3.63, 3.8) is 0 Å². The fourth-order valence-electron chi connectivity index (χ4n) is 8.11. The first-order valence-electron chi connectivity index (χ1n) is 19.4. The molecule has 3 saturated heterocycles. The van der Waals surface area contributed by atoms with Crippen molar-refractivity contribution in [3.8, 4) is 5.75 Å². The number of hydrogen-bond donors (Lipinski definition) is 2. The molecule has 5 heterocycles. The van der Waals surface area contributed by atoms with E-state index in [1.165, 1.54) is 16.2 Å². The van der Waals surface area contributed by atoms with E-state index in [9.17, 15) is 14.4 Å². The molecule has 1 aromatic heterocycles. The molecular weight excluding hydrogens is 695 g/mol. The number of aryl methyl sites for hydroxylation is 1. The highest BCUT2D eigenvalue weighted by atomic mass is 16.5. The zero-order valence-corrected chi connectivity index (χ0v) is 31.7. The maximum atomic E-state index is 13.6. The van der Waals surface area contributed by atoms with Crippen molar-refractivity contribution in [2.75, 3.05) is 79.5 Å². The number of fused-ring (bicyclic) bond motifs is 1. The van der Waals surface area contributed by atoms with Crippen LogP contribution in [0.2, 0.25) is 0 Å². The Balaban J connectivity index is 0.810. The van der Waals surface area contributed by atoms with Gasteiger partial charge in [0.1, 0.15) is 5.75 Å². The summed E-state index contributed by atoms with van der Waals surface area (Å²) < 4.78 is 5.24. The van der Waals surface area contributed by atoms with Gasteiger partial charge in [-0.2, -0.15) is 0 Å². The van der Waals surface area contributed by atoms with Crippen molar-refractivity contribution in [3.05, 3.63) is 95.3 Å². The molecule has 286 valence electrons. The molecule has 4 amide bonds. The van der Waals surface area contributed by atoms with E-state index in [1.54, 1.807) is 12.0 Å². The van der Waals surface area contributed by atoms with Crippen LogP contribution >= 0.6 is 0 Å². The van der Waals surface area contributed by atoms with Gasteiger partial charge in [0.2, 0.25) is 17.8 Å². The van der Waals surface area contributed by atoms with E-state index in [0.29, 0.717) is 31.5 Å². The third-order valence-corrected chi connectivity index (χ3v) is 11.4. The predicted molar refractivity (Wildman–Crippen MR) is 213 cm³/mol. The van der Waals surface area contributed by atoms with Crippen LogP contribution in [0.15, 0.2) is 72.9 Å². The molecule has 0 unspecified atom stereocenters. The van der Waals surface area contributed by atoms with Crippen LogP contribution in [-0.4, -0.2) is 97.1 Å². The van der Waals surface area contributed by atoms with Crippen molar-refractivity contribution in [2.24, 2.45) is 5.92 Å². The second kappa shape index (κ2) is 16.0. The minimum atomic E-state index is -0.321. The normalized spacial score (nSPS) is 18.1. The highest BCUT2D eigenvalue weighted by molar-refractivity contribution is 6.06. The van der Waals surface area contributed by atoms with E-state index in [2.05, 4.69) is 49.7 Å². The summed E-state index contributed by atoms with van der Waals surface area (Å²) in [5.74, 6) is 1.79. The minimum Gasteiger partial charge on any atom is -0.497 e. The first kappa shape index (κ1) is 36.3. The van der Waals surface area contributed by atoms with Crippen molar-refractivity contribution >= 4 is 46.5 Å². The molecule has 55 heavy (non-hydrogen) atoms. The van der Waals surface area contributed by atoms with Crippen LogP contribution in [0.5, 0.6) is 5.75 Å². The van der Waals surface area contributed by atoms with Gasteiger partial charge < -0.3 is 30.1 Å². The van der Waals surface area contributed by atoms with Gasteiger partial charge >= 0.3 is 6.03 Å². The number of nitrogens with zero attached hydrogens (tertiary/aromatic N) is 7. The number of methoxy groups -OCH3 is 1. The molecule has 4 aliphatic rings. The average molecular weight is 744 g/mol. The Bertz CT molecular complexity index is 2030. The number of carbonyl (C=O) groups excluding carboxylic acids is 3. The summed E-state index contributed by atoms with van der Waals surface area (Å²) in [6.45, 7) is 8.77. The molecule has 13 nitrogen and oxygen atoms in total. The maximum Gasteiger partial charge on any atom is 0.331 e. The second-order valence-electron chi connectivity index (χ2n) is 14.9. The fourth-order valence-corrected chi connectivity index (χ4v) is 8.11. The van der Waals surface area contributed by atoms with Crippen molar-refractivity contribution in [2.45, 2.75) is 45.7 Å². The minimum absolute atomic E-state index is 0.150. The molecule has 0 saturated carbocycles. The predicted octanol–water partition coefficient (Wildman–Crippen LogP) is 5.11. The summed E-state index contributed by atoms with van der Waals surface area (Å²) in [5.41, 5.74) is 7.99. The summed E-state index contributed by atoms with van der Waals surface area (Å²) in [6.07, 6.45) is 5.25. The van der Waals surface area contributed by atoms with E-state index in [-0.39, 0.29) is 30.8 Å². The number of ether oxygens (including phenoxy) is 1. The van der Waals surface area contributed by atoms with Crippen LogP contribution in [0.3, 0.4) is 0 Å². The number of carbonyl (C=O) groups is 3. The number of hydrogen-bond acceptors (Lipinski definition) is 10. The number of rotatable bonds is 10. The number of nitrogens with one attached hydrogen (secondary N) is 2. The molecule has 4 aliphatic heterocycles. The van der Waals surface area contributed by atoms with Crippen molar-refractivity contribution in [1.82, 2.24) is 25.1 Å². The highest BCUT2D eigenvalue weighted by Gasteiger charge is 2.34. The lowest BCUT2D eigenvalue weighted by atomic mass is 9.95. The fraction of sp³-hybridized carbons (Fsp3) is 0.405. The Labute approximate surface area is 322 Å². The first-order valence-corrected chi connectivity index (χ1v) is 19.4. The average Bonchev–Trinajstić information content (AvgIpc) is 3.21. The topological polar surface area (TPSA) is 126 Å². The van der Waals surface area contributed by atoms with E-state index in [4.69, 9.17) is 9.72 Å². The standard InChI is InChI=1S/C42H49N9O4/c1-29-23-35(9-12-38(29)50-20-16-39(52)51(42(50)54)27-30-3-10-36(55-2)11-4-30)48-21-22-49(40(53)28-48)26-31-14-18-47(19-15-31)34-7-5-33(6-8-34)45-41-44-24-32-13-17-43-25-37(32)46-41/h3-12,23-24,31,43H,13-22,25-28H2,1-2H3,(H,44,45,46). The molecule has 0 bridgehead atoms. The number of amides is 4. The smallest absolute Gasteiger partial charge is 0.331 e. The summed E-state index contributed by atoms with van der Waals surface area (Å²) in [7, 11) is 1.60. The molecule has 3 aromatic carbocycles. The van der Waals surface area contributed by atoms with Crippen molar-refractivity contribution in [1.29, 1.82) is 0 Å². The number of anilines is 5. The van der Waals surface area contributed by atoms with Crippen LogP contribution < -0.4 is 30.1 Å². The Morgan fingerprint density at radius 1 is 0.855 bits per heavy atom. The molecule has 13 heteroatoms. The maximum absolute atomic E-state index is 13.6. The number of piperazine rings is 1. The lowest BCUT2D eigenvalue weighted by molar-refractivity contribution is -0.132. The quantitative estimate of drug-likeness (QED) is 0.227. The molecule has 0 radical (unpaired) electrons. The van der Waals surface area contributed by atoms with Gasteiger partial charge in [-0.3, -0.25) is 19.4 Å². The molecule has 4 aromatic rings.